The maximum absolute atomic E-state index is 13.7. The van der Waals surface area contributed by atoms with Gasteiger partial charge in [-0.3, -0.25) is 0 Å². The van der Waals surface area contributed by atoms with Crippen LogP contribution in [0.5, 0.6) is 6.01 Å². The number of methoxy groups -OCH3 is 1. The highest BCUT2D eigenvalue weighted by Gasteiger charge is 2.15. The Morgan fingerprint density at radius 2 is 2.00 bits per heavy atom. The monoisotopic (exact) mass is 313 g/mol. The van der Waals surface area contributed by atoms with Crippen molar-refractivity contribution in [3.8, 4) is 17.4 Å². The molecule has 0 aliphatic heterocycles. The maximum Gasteiger partial charge on any atom is 0.344 e. The summed E-state index contributed by atoms with van der Waals surface area (Å²) in [5.41, 5.74) is 0.0781. The minimum Gasteiger partial charge on any atom is -0.466 e. The lowest BCUT2D eigenvalue weighted by atomic mass is 10.2. The zero-order valence-corrected chi connectivity index (χ0v) is 12.8. The minimum absolute atomic E-state index is 0.0781. The van der Waals surface area contributed by atoms with Crippen LogP contribution in [0.3, 0.4) is 0 Å². The van der Waals surface area contributed by atoms with Gasteiger partial charge >= 0.3 is 12.0 Å². The van der Waals surface area contributed by atoms with Gasteiger partial charge in [-0.2, -0.15) is 4.98 Å². The van der Waals surface area contributed by atoms with E-state index in [1.807, 2.05) is 13.8 Å². The van der Waals surface area contributed by atoms with Crippen molar-refractivity contribution in [2.24, 2.45) is 7.05 Å². The Labute approximate surface area is 126 Å². The van der Waals surface area contributed by atoms with E-state index in [-0.39, 0.29) is 24.0 Å². The molecule has 1 aromatic carbocycles. The highest BCUT2D eigenvalue weighted by Crippen LogP contribution is 2.22. The lowest BCUT2D eigenvalue weighted by molar-refractivity contribution is -0.143. The summed E-state index contributed by atoms with van der Waals surface area (Å²) in [5.74, 6) is -1.88. The lowest BCUT2D eigenvalue weighted by Crippen LogP contribution is -2.13. The molecule has 22 heavy (non-hydrogen) atoms. The second kappa shape index (κ2) is 8.06. The number of hydrogen-bond donors (Lipinski definition) is 0. The van der Waals surface area contributed by atoms with E-state index in [0.29, 0.717) is 0 Å². The number of hydrogen-bond acceptors (Lipinski definition) is 5. The summed E-state index contributed by atoms with van der Waals surface area (Å²) in [7, 11) is 2.74. The predicted octanol–water partition coefficient (Wildman–Crippen LogP) is 2.34. The fraction of sp³-hybridized carbons (Fsp3) is 0.357. The van der Waals surface area contributed by atoms with Crippen LogP contribution in [0, 0.1) is 11.6 Å². The summed E-state index contributed by atoms with van der Waals surface area (Å²) in [6.07, 6.45) is 0. The van der Waals surface area contributed by atoms with Crippen molar-refractivity contribution in [1.82, 2.24) is 14.8 Å². The number of nitrogens with zero attached hydrogens (tertiary/aromatic N) is 3. The first kappa shape index (κ1) is 17.5. The molecule has 0 saturated carbocycles. The number of rotatable bonds is 4. The molecule has 0 bridgehead atoms. The van der Waals surface area contributed by atoms with Gasteiger partial charge in [0.05, 0.1) is 12.7 Å². The van der Waals surface area contributed by atoms with Crippen LogP contribution in [-0.2, 0) is 16.6 Å². The van der Waals surface area contributed by atoms with Gasteiger partial charge < -0.3 is 9.47 Å². The largest absolute Gasteiger partial charge is 0.466 e. The molecule has 0 aliphatic carbocycles. The standard InChI is InChI=1S/C12H11F2N3O3.C2H6/c1-17-11(8-4-3-7(13)5-9(8)14)15-12(16-17)20-6-10(18)19-2;1-2/h3-5H,6H2,1-2H3;1-2H3. The first-order chi connectivity index (χ1) is 10.5. The zero-order valence-electron chi connectivity index (χ0n) is 12.8. The van der Waals surface area contributed by atoms with Gasteiger partial charge in [0.25, 0.3) is 0 Å². The van der Waals surface area contributed by atoms with Crippen LogP contribution >= 0.6 is 0 Å². The van der Waals surface area contributed by atoms with Gasteiger partial charge in [-0.25, -0.2) is 18.3 Å². The summed E-state index contributed by atoms with van der Waals surface area (Å²) < 4.78 is 37.2. The highest BCUT2D eigenvalue weighted by molar-refractivity contribution is 5.70. The van der Waals surface area contributed by atoms with Crippen molar-refractivity contribution in [2.45, 2.75) is 13.8 Å². The van der Waals surface area contributed by atoms with Crippen LogP contribution in [0.15, 0.2) is 18.2 Å². The number of halogens is 2. The average Bonchev–Trinajstić information content (AvgIpc) is 2.88. The topological polar surface area (TPSA) is 66.2 Å². The van der Waals surface area contributed by atoms with Crippen molar-refractivity contribution in [1.29, 1.82) is 0 Å². The molecule has 0 radical (unpaired) electrons. The molecule has 0 saturated heterocycles. The van der Waals surface area contributed by atoms with Crippen LogP contribution in [0.2, 0.25) is 0 Å². The number of carbonyl (C=O) groups excluding carboxylic acids is 1. The normalized spacial score (nSPS) is 9.73. The second-order valence-electron chi connectivity index (χ2n) is 3.83. The van der Waals surface area contributed by atoms with E-state index >= 15 is 0 Å². The Kier molecular flexibility index (Phi) is 6.43. The van der Waals surface area contributed by atoms with Crippen LogP contribution in [0.4, 0.5) is 8.78 Å². The lowest BCUT2D eigenvalue weighted by Gasteiger charge is -2.01. The molecule has 0 spiro atoms. The van der Waals surface area contributed by atoms with Crippen LogP contribution < -0.4 is 4.74 Å². The molecule has 0 N–H and O–H groups in total. The first-order valence-corrected chi connectivity index (χ1v) is 6.57. The maximum atomic E-state index is 13.7. The number of carbonyl (C=O) groups is 1. The smallest absolute Gasteiger partial charge is 0.344 e. The van der Waals surface area contributed by atoms with Crippen molar-refractivity contribution in [2.75, 3.05) is 13.7 Å². The van der Waals surface area contributed by atoms with E-state index in [9.17, 15) is 13.6 Å². The molecule has 0 amide bonds. The number of aromatic nitrogens is 3. The summed E-state index contributed by atoms with van der Waals surface area (Å²) in [6.45, 7) is 3.64. The fourth-order valence-electron chi connectivity index (χ4n) is 1.51. The Hall–Kier alpha value is -2.51. The number of benzene rings is 1. The van der Waals surface area contributed by atoms with Gasteiger partial charge in [0, 0.05) is 13.1 Å². The molecule has 0 unspecified atom stereocenters. The van der Waals surface area contributed by atoms with Gasteiger partial charge in [-0.1, -0.05) is 13.8 Å². The van der Waals surface area contributed by atoms with E-state index in [2.05, 4.69) is 14.8 Å². The van der Waals surface area contributed by atoms with Crippen LogP contribution in [-0.4, -0.2) is 34.5 Å². The Morgan fingerprint density at radius 3 is 2.59 bits per heavy atom. The molecule has 6 nitrogen and oxygen atoms in total. The molecule has 0 atom stereocenters. The minimum atomic E-state index is -0.764. The fourth-order valence-corrected chi connectivity index (χ4v) is 1.51. The van der Waals surface area contributed by atoms with Crippen LogP contribution in [0.1, 0.15) is 13.8 Å². The summed E-state index contributed by atoms with van der Waals surface area (Å²) in [4.78, 5) is 14.9. The van der Waals surface area contributed by atoms with E-state index in [0.717, 1.165) is 12.1 Å². The van der Waals surface area contributed by atoms with Crippen LogP contribution in [0.25, 0.3) is 11.4 Å². The zero-order chi connectivity index (χ0) is 16.7. The molecule has 0 fully saturated rings. The Balaban J connectivity index is 0.00000116. The molecule has 120 valence electrons. The van der Waals surface area contributed by atoms with E-state index in [4.69, 9.17) is 4.74 Å². The van der Waals surface area contributed by atoms with Gasteiger partial charge in [-0.05, 0) is 12.1 Å². The summed E-state index contributed by atoms with van der Waals surface area (Å²) >= 11 is 0. The first-order valence-electron chi connectivity index (χ1n) is 6.57. The molecule has 1 aromatic heterocycles. The SMILES string of the molecule is CC.COC(=O)COc1nc(-c2ccc(F)cc2F)n(C)n1. The number of ether oxygens (including phenoxy) is 2. The van der Waals surface area contributed by atoms with Gasteiger partial charge in [-0.15, -0.1) is 5.10 Å². The summed E-state index contributed by atoms with van der Waals surface area (Å²) in [5, 5.41) is 3.87. The third-order valence-electron chi connectivity index (χ3n) is 2.46. The molecule has 1 heterocycles. The third-order valence-corrected chi connectivity index (χ3v) is 2.46. The average molecular weight is 313 g/mol. The summed E-state index contributed by atoms with van der Waals surface area (Å²) in [6, 6.07) is 3.01. The molecular formula is C14H17F2N3O3. The number of esters is 1. The van der Waals surface area contributed by atoms with E-state index < -0.39 is 17.6 Å². The van der Waals surface area contributed by atoms with Crippen molar-refractivity contribution >= 4 is 5.97 Å². The second-order valence-corrected chi connectivity index (χ2v) is 3.83. The Bertz CT molecular complexity index is 644. The molecule has 0 aliphatic rings. The van der Waals surface area contributed by atoms with E-state index in [1.54, 1.807) is 0 Å². The van der Waals surface area contributed by atoms with Crippen molar-refractivity contribution in [3.05, 3.63) is 29.8 Å². The predicted molar refractivity (Wildman–Crippen MR) is 75.2 cm³/mol. The van der Waals surface area contributed by atoms with Gasteiger partial charge in [0.15, 0.2) is 12.4 Å². The van der Waals surface area contributed by atoms with Gasteiger partial charge in [0.1, 0.15) is 11.6 Å². The molecule has 8 heteroatoms. The number of aryl methyl sites for hydroxylation is 1. The molecular weight excluding hydrogens is 296 g/mol. The van der Waals surface area contributed by atoms with Crippen molar-refractivity contribution < 1.29 is 23.0 Å². The Morgan fingerprint density at radius 1 is 1.32 bits per heavy atom. The molecule has 2 rings (SSSR count). The van der Waals surface area contributed by atoms with Crippen molar-refractivity contribution in [3.63, 3.8) is 0 Å². The quantitative estimate of drug-likeness (QED) is 0.811. The highest BCUT2D eigenvalue weighted by atomic mass is 19.1. The van der Waals surface area contributed by atoms with Gasteiger partial charge in [0.2, 0.25) is 0 Å². The molecule has 2 aromatic rings. The van der Waals surface area contributed by atoms with E-state index in [1.165, 1.54) is 24.9 Å². The third kappa shape index (κ3) is 4.24.